The summed E-state index contributed by atoms with van der Waals surface area (Å²) in [5.41, 5.74) is 3.01. The van der Waals surface area contributed by atoms with Gasteiger partial charge in [0.15, 0.2) is 11.6 Å². The van der Waals surface area contributed by atoms with Gasteiger partial charge in [0.25, 0.3) is 0 Å². The smallest absolute Gasteiger partial charge is 0.229 e. The number of Topliss-reactive ketones (excluding diaryl/α,β-unsaturated/α-hetero) is 1. The third kappa shape index (κ3) is 5.57. The number of ketones is 1. The van der Waals surface area contributed by atoms with E-state index in [0.717, 1.165) is 12.0 Å². The fraction of sp³-hybridized carbons (Fsp3) is 0.304. The van der Waals surface area contributed by atoms with Crippen LogP contribution in [0.2, 0.25) is 0 Å². The molecule has 3 rings (SSSR count). The number of aryl methyl sites for hydroxylation is 1. The van der Waals surface area contributed by atoms with E-state index >= 15 is 0 Å². The molecule has 1 heterocycles. The lowest BCUT2D eigenvalue weighted by Gasteiger charge is -2.17. The Balaban J connectivity index is 1.56. The second-order valence-corrected chi connectivity index (χ2v) is 8.95. The molecule has 0 atom stereocenters. The van der Waals surface area contributed by atoms with Gasteiger partial charge in [-0.15, -0.1) is 5.10 Å². The Morgan fingerprint density at radius 3 is 2.30 bits per heavy atom. The fourth-order valence-electron chi connectivity index (χ4n) is 2.61. The number of carbonyl (C=O) groups is 2. The van der Waals surface area contributed by atoms with Crippen molar-refractivity contribution < 1.29 is 9.59 Å². The number of hydrogen-bond donors (Lipinski definition) is 2. The Morgan fingerprint density at radius 1 is 1.03 bits per heavy atom. The van der Waals surface area contributed by atoms with Crippen LogP contribution in [0.1, 0.15) is 43.6 Å². The molecule has 0 aliphatic heterocycles. The zero-order valence-electron chi connectivity index (χ0n) is 17.7. The van der Waals surface area contributed by atoms with Crippen molar-refractivity contribution in [3.8, 4) is 11.4 Å². The molecular formula is C23H26N4O2S. The third-order valence-corrected chi connectivity index (χ3v) is 5.43. The maximum absolute atomic E-state index is 12.5. The van der Waals surface area contributed by atoms with Crippen LogP contribution in [0, 0.1) is 5.41 Å². The highest BCUT2D eigenvalue weighted by Crippen LogP contribution is 2.22. The second kappa shape index (κ2) is 9.26. The van der Waals surface area contributed by atoms with Crippen molar-refractivity contribution >= 4 is 29.1 Å². The number of nitrogens with zero attached hydrogens (tertiary/aromatic N) is 2. The zero-order chi connectivity index (χ0) is 21.7. The molecule has 156 valence electrons. The molecule has 0 aliphatic carbocycles. The van der Waals surface area contributed by atoms with E-state index in [4.69, 9.17) is 0 Å². The van der Waals surface area contributed by atoms with Gasteiger partial charge in [0.05, 0.1) is 5.75 Å². The van der Waals surface area contributed by atoms with Crippen molar-refractivity contribution in [1.82, 2.24) is 15.2 Å². The van der Waals surface area contributed by atoms with Gasteiger partial charge in [-0.25, -0.2) is 4.98 Å². The van der Waals surface area contributed by atoms with E-state index in [1.807, 2.05) is 32.9 Å². The van der Waals surface area contributed by atoms with Crippen LogP contribution in [0.3, 0.4) is 0 Å². The topological polar surface area (TPSA) is 87.7 Å². The van der Waals surface area contributed by atoms with Crippen molar-refractivity contribution in [1.29, 1.82) is 0 Å². The summed E-state index contributed by atoms with van der Waals surface area (Å²) in [6, 6.07) is 15.1. The van der Waals surface area contributed by atoms with E-state index in [0.29, 0.717) is 22.2 Å². The van der Waals surface area contributed by atoms with Crippen LogP contribution in [-0.4, -0.2) is 32.6 Å². The summed E-state index contributed by atoms with van der Waals surface area (Å²) < 4.78 is 0. The zero-order valence-corrected chi connectivity index (χ0v) is 18.5. The largest absolute Gasteiger partial charge is 0.326 e. The number of hydrogen-bond acceptors (Lipinski definition) is 5. The van der Waals surface area contributed by atoms with Crippen LogP contribution in [0.15, 0.2) is 53.7 Å². The lowest BCUT2D eigenvalue weighted by atomic mass is 9.95. The molecule has 2 aromatic carbocycles. The van der Waals surface area contributed by atoms with Gasteiger partial charge in [-0.1, -0.05) is 63.7 Å². The van der Waals surface area contributed by atoms with E-state index in [1.165, 1.54) is 17.3 Å². The van der Waals surface area contributed by atoms with Crippen molar-refractivity contribution in [2.24, 2.45) is 5.41 Å². The maximum atomic E-state index is 12.5. The Labute approximate surface area is 180 Å². The van der Waals surface area contributed by atoms with E-state index in [2.05, 4.69) is 39.6 Å². The molecule has 6 nitrogen and oxygen atoms in total. The predicted octanol–water partition coefficient (Wildman–Crippen LogP) is 4.99. The van der Waals surface area contributed by atoms with Crippen molar-refractivity contribution in [3.63, 3.8) is 0 Å². The summed E-state index contributed by atoms with van der Waals surface area (Å²) >= 11 is 1.29. The summed E-state index contributed by atoms with van der Waals surface area (Å²) in [6.07, 6.45) is 0.990. The van der Waals surface area contributed by atoms with Gasteiger partial charge in [-0.3, -0.25) is 14.7 Å². The maximum Gasteiger partial charge on any atom is 0.229 e. The van der Waals surface area contributed by atoms with Gasteiger partial charge < -0.3 is 5.32 Å². The first-order chi connectivity index (χ1) is 14.3. The minimum Gasteiger partial charge on any atom is -0.326 e. The normalized spacial score (nSPS) is 11.3. The van der Waals surface area contributed by atoms with Crippen LogP contribution in [0.5, 0.6) is 0 Å². The minimum atomic E-state index is -0.474. The van der Waals surface area contributed by atoms with Crippen molar-refractivity contribution in [2.45, 2.75) is 39.3 Å². The van der Waals surface area contributed by atoms with Crippen LogP contribution in [-0.2, 0) is 11.2 Å². The van der Waals surface area contributed by atoms with E-state index in [9.17, 15) is 9.59 Å². The minimum absolute atomic E-state index is 0.0210. The van der Waals surface area contributed by atoms with Gasteiger partial charge in [-0.05, 0) is 36.2 Å². The lowest BCUT2D eigenvalue weighted by molar-refractivity contribution is -0.123. The number of thioether (sulfide) groups is 1. The number of aromatic nitrogens is 3. The molecule has 0 aliphatic rings. The van der Waals surface area contributed by atoms with E-state index in [1.54, 1.807) is 24.3 Å². The number of carbonyl (C=O) groups excluding carboxylic acids is 2. The third-order valence-electron chi connectivity index (χ3n) is 4.58. The number of benzene rings is 2. The number of rotatable bonds is 7. The Hall–Kier alpha value is -2.93. The van der Waals surface area contributed by atoms with Crippen molar-refractivity contribution in [2.75, 3.05) is 11.1 Å². The molecule has 2 N–H and O–H groups in total. The number of nitrogens with one attached hydrogen (secondary N) is 2. The van der Waals surface area contributed by atoms with Crippen LogP contribution >= 0.6 is 11.8 Å². The summed E-state index contributed by atoms with van der Waals surface area (Å²) in [7, 11) is 0. The standard InChI is InChI=1S/C23H26N4O2S/c1-5-15-6-8-17(9-7-15)20-25-22(27-26-20)30-14-19(28)16-10-12-18(13-11-16)24-21(29)23(2,3)4/h6-13H,5,14H2,1-4H3,(H,24,29)(H,25,26,27). The average molecular weight is 423 g/mol. The number of amides is 1. The highest BCUT2D eigenvalue weighted by atomic mass is 32.2. The van der Waals surface area contributed by atoms with Gasteiger partial charge in [0.1, 0.15) is 0 Å². The molecular weight excluding hydrogens is 396 g/mol. The van der Waals surface area contributed by atoms with Gasteiger partial charge in [0, 0.05) is 22.2 Å². The van der Waals surface area contributed by atoms with Crippen LogP contribution < -0.4 is 5.32 Å². The molecule has 0 spiro atoms. The van der Waals surface area contributed by atoms with Gasteiger partial charge in [0.2, 0.25) is 11.1 Å². The first-order valence-electron chi connectivity index (χ1n) is 9.85. The van der Waals surface area contributed by atoms with Crippen LogP contribution in [0.4, 0.5) is 5.69 Å². The molecule has 0 unspecified atom stereocenters. The first-order valence-corrected chi connectivity index (χ1v) is 10.8. The Morgan fingerprint density at radius 2 is 1.70 bits per heavy atom. The molecule has 30 heavy (non-hydrogen) atoms. The lowest BCUT2D eigenvalue weighted by Crippen LogP contribution is -2.27. The molecule has 0 radical (unpaired) electrons. The van der Waals surface area contributed by atoms with Crippen molar-refractivity contribution in [3.05, 3.63) is 59.7 Å². The Kier molecular flexibility index (Phi) is 6.72. The summed E-state index contributed by atoms with van der Waals surface area (Å²) in [5.74, 6) is 0.834. The molecule has 3 aromatic rings. The average Bonchev–Trinajstić information content (AvgIpc) is 3.21. The molecule has 1 amide bonds. The highest BCUT2D eigenvalue weighted by molar-refractivity contribution is 7.99. The molecule has 1 aromatic heterocycles. The summed E-state index contributed by atoms with van der Waals surface area (Å²) in [4.78, 5) is 29.0. The van der Waals surface area contributed by atoms with E-state index < -0.39 is 5.41 Å². The SMILES string of the molecule is CCc1ccc(-c2nc(SCC(=O)c3ccc(NC(=O)C(C)(C)C)cc3)n[nH]2)cc1. The molecule has 0 bridgehead atoms. The summed E-state index contributed by atoms with van der Waals surface area (Å²) in [5, 5.41) is 10.5. The van der Waals surface area contributed by atoms with Crippen LogP contribution in [0.25, 0.3) is 11.4 Å². The summed E-state index contributed by atoms with van der Waals surface area (Å²) in [6.45, 7) is 7.68. The quantitative estimate of drug-likeness (QED) is 0.413. The van der Waals surface area contributed by atoms with Gasteiger partial charge >= 0.3 is 0 Å². The fourth-order valence-corrected chi connectivity index (χ4v) is 3.30. The monoisotopic (exact) mass is 422 g/mol. The van der Waals surface area contributed by atoms with E-state index in [-0.39, 0.29) is 17.4 Å². The molecule has 0 saturated carbocycles. The number of aromatic amines is 1. The Bertz CT molecular complexity index is 1020. The molecule has 0 fully saturated rings. The molecule has 0 saturated heterocycles. The highest BCUT2D eigenvalue weighted by Gasteiger charge is 2.21. The number of anilines is 1. The number of H-pyrrole nitrogens is 1. The molecule has 7 heteroatoms. The second-order valence-electron chi connectivity index (χ2n) is 8.01. The van der Waals surface area contributed by atoms with Gasteiger partial charge in [-0.2, -0.15) is 0 Å². The predicted molar refractivity (Wildman–Crippen MR) is 121 cm³/mol. The first kappa shape index (κ1) is 21.8.